The van der Waals surface area contributed by atoms with Crippen LogP contribution in [-0.2, 0) is 16.0 Å². The van der Waals surface area contributed by atoms with Gasteiger partial charge in [0.1, 0.15) is 0 Å². The summed E-state index contributed by atoms with van der Waals surface area (Å²) in [5.74, 6) is -0.0217. The Morgan fingerprint density at radius 1 is 1.16 bits per heavy atom. The monoisotopic (exact) mass is 259 g/mol. The molecule has 1 saturated heterocycles. The van der Waals surface area contributed by atoms with Gasteiger partial charge in [-0.15, -0.1) is 0 Å². The molecular formula is C14H17N3O2. The maximum atomic E-state index is 12.2. The zero-order chi connectivity index (χ0) is 13.2. The van der Waals surface area contributed by atoms with Gasteiger partial charge in [0.25, 0.3) is 0 Å². The lowest BCUT2D eigenvalue weighted by molar-refractivity contribution is -0.125. The number of benzene rings is 1. The fraction of sp³-hybridized carbons (Fsp3) is 0.429. The van der Waals surface area contributed by atoms with Gasteiger partial charge >= 0.3 is 0 Å². The number of carbonyl (C=O) groups is 2. The molecule has 2 aliphatic rings. The van der Waals surface area contributed by atoms with Gasteiger partial charge in [0.2, 0.25) is 11.8 Å². The molecule has 0 radical (unpaired) electrons. The normalized spacial score (nSPS) is 25.2. The molecule has 0 saturated carbocycles. The molecule has 2 heterocycles. The first-order chi connectivity index (χ1) is 9.22. The van der Waals surface area contributed by atoms with E-state index in [9.17, 15) is 9.59 Å². The number of hydrogen-bond acceptors (Lipinski definition) is 3. The molecule has 0 aromatic heterocycles. The molecule has 3 rings (SSSR count). The molecule has 2 unspecified atom stereocenters. The number of para-hydroxylation sites is 1. The van der Waals surface area contributed by atoms with Crippen LogP contribution in [-0.4, -0.2) is 30.9 Å². The molecule has 0 spiro atoms. The van der Waals surface area contributed by atoms with Crippen molar-refractivity contribution in [3.63, 3.8) is 0 Å². The molecule has 0 aliphatic carbocycles. The van der Waals surface area contributed by atoms with Gasteiger partial charge in [0, 0.05) is 25.2 Å². The molecule has 19 heavy (non-hydrogen) atoms. The zero-order valence-corrected chi connectivity index (χ0v) is 10.6. The van der Waals surface area contributed by atoms with Crippen LogP contribution in [0.2, 0.25) is 0 Å². The predicted octanol–water partition coefficient (Wildman–Crippen LogP) is 0.275. The van der Waals surface area contributed by atoms with Crippen molar-refractivity contribution in [1.29, 1.82) is 0 Å². The number of anilines is 1. The van der Waals surface area contributed by atoms with Crippen molar-refractivity contribution in [1.82, 2.24) is 10.6 Å². The molecule has 5 nitrogen and oxygen atoms in total. The largest absolute Gasteiger partial charge is 0.384 e. The molecule has 1 aromatic carbocycles. The number of carbonyl (C=O) groups excluding carboxylic acids is 2. The number of fused-ring (bicyclic) bond motifs is 1. The lowest BCUT2D eigenvalue weighted by atomic mass is 9.93. The van der Waals surface area contributed by atoms with Gasteiger partial charge < -0.3 is 16.0 Å². The number of hydrogen-bond donors (Lipinski definition) is 3. The van der Waals surface area contributed by atoms with E-state index in [1.54, 1.807) is 0 Å². The fourth-order valence-corrected chi connectivity index (χ4v) is 2.65. The second kappa shape index (κ2) is 4.91. The van der Waals surface area contributed by atoms with Gasteiger partial charge in [-0.3, -0.25) is 9.59 Å². The highest BCUT2D eigenvalue weighted by Crippen LogP contribution is 2.24. The van der Waals surface area contributed by atoms with E-state index in [1.807, 2.05) is 24.3 Å². The summed E-state index contributed by atoms with van der Waals surface area (Å²) in [7, 11) is 0. The maximum absolute atomic E-state index is 12.2. The first-order valence-electron chi connectivity index (χ1n) is 6.61. The van der Waals surface area contributed by atoms with Gasteiger partial charge in [-0.05, 0) is 18.1 Å². The summed E-state index contributed by atoms with van der Waals surface area (Å²) in [4.78, 5) is 23.3. The molecule has 3 N–H and O–H groups in total. The second-order valence-electron chi connectivity index (χ2n) is 5.15. The standard InChI is InChI=1S/C14H17N3O2/c18-13-6-11(8-16-13)17-14(19)10-5-9-3-1-2-4-12(9)15-7-10/h1-4,10-11,15H,5-8H2,(H,16,18)(H,17,19). The minimum atomic E-state index is -0.0643. The summed E-state index contributed by atoms with van der Waals surface area (Å²) in [6, 6.07) is 7.99. The Kier molecular flexibility index (Phi) is 3.11. The highest BCUT2D eigenvalue weighted by atomic mass is 16.2. The minimum Gasteiger partial charge on any atom is -0.384 e. The van der Waals surface area contributed by atoms with E-state index in [4.69, 9.17) is 0 Å². The minimum absolute atomic E-state index is 0.0115. The molecule has 1 aromatic rings. The van der Waals surface area contributed by atoms with E-state index in [0.29, 0.717) is 19.5 Å². The van der Waals surface area contributed by atoms with Crippen LogP contribution in [0.3, 0.4) is 0 Å². The Bertz CT molecular complexity index is 515. The molecule has 100 valence electrons. The van der Waals surface area contributed by atoms with Crippen LogP contribution < -0.4 is 16.0 Å². The van der Waals surface area contributed by atoms with Crippen molar-refractivity contribution < 1.29 is 9.59 Å². The van der Waals surface area contributed by atoms with Crippen molar-refractivity contribution in [3.8, 4) is 0 Å². The summed E-state index contributed by atoms with van der Waals surface area (Å²) in [5.41, 5.74) is 2.29. The van der Waals surface area contributed by atoms with Crippen molar-refractivity contribution in [3.05, 3.63) is 29.8 Å². The summed E-state index contributed by atoms with van der Waals surface area (Å²) in [6.07, 6.45) is 1.14. The quantitative estimate of drug-likeness (QED) is 0.714. The van der Waals surface area contributed by atoms with E-state index >= 15 is 0 Å². The molecular weight excluding hydrogens is 242 g/mol. The summed E-state index contributed by atoms with van der Waals surface area (Å²) >= 11 is 0. The fourth-order valence-electron chi connectivity index (χ4n) is 2.65. The molecule has 0 bridgehead atoms. The molecule has 5 heteroatoms. The first-order valence-corrected chi connectivity index (χ1v) is 6.61. The summed E-state index contributed by atoms with van der Waals surface area (Å²) in [6.45, 7) is 1.19. The lowest BCUT2D eigenvalue weighted by Gasteiger charge is -2.26. The highest BCUT2D eigenvalue weighted by Gasteiger charge is 2.28. The number of nitrogens with one attached hydrogen (secondary N) is 3. The van der Waals surface area contributed by atoms with Crippen LogP contribution in [0.5, 0.6) is 0 Å². The van der Waals surface area contributed by atoms with Crippen molar-refractivity contribution >= 4 is 17.5 Å². The van der Waals surface area contributed by atoms with Gasteiger partial charge in [0.05, 0.1) is 12.0 Å². The highest BCUT2D eigenvalue weighted by molar-refractivity contribution is 5.84. The Hall–Kier alpha value is -2.04. The number of amides is 2. The Balaban J connectivity index is 1.61. The molecule has 2 aliphatic heterocycles. The van der Waals surface area contributed by atoms with Gasteiger partial charge in [-0.1, -0.05) is 18.2 Å². The average molecular weight is 259 g/mol. The third-order valence-electron chi connectivity index (χ3n) is 3.72. The summed E-state index contributed by atoms with van der Waals surface area (Å²) in [5, 5.41) is 8.96. The predicted molar refractivity (Wildman–Crippen MR) is 71.7 cm³/mol. The van der Waals surface area contributed by atoms with Crippen LogP contribution in [0.25, 0.3) is 0 Å². The van der Waals surface area contributed by atoms with Crippen LogP contribution in [0.15, 0.2) is 24.3 Å². The van der Waals surface area contributed by atoms with E-state index in [-0.39, 0.29) is 23.8 Å². The lowest BCUT2D eigenvalue weighted by Crippen LogP contribution is -2.43. The van der Waals surface area contributed by atoms with Crippen molar-refractivity contribution in [2.75, 3.05) is 18.4 Å². The zero-order valence-electron chi connectivity index (χ0n) is 10.6. The summed E-state index contributed by atoms with van der Waals surface area (Å²) < 4.78 is 0. The van der Waals surface area contributed by atoms with Crippen LogP contribution in [0.4, 0.5) is 5.69 Å². The van der Waals surface area contributed by atoms with Crippen LogP contribution in [0.1, 0.15) is 12.0 Å². The first kappa shape index (κ1) is 12.0. The molecule has 2 atom stereocenters. The third kappa shape index (κ3) is 2.54. The van der Waals surface area contributed by atoms with Gasteiger partial charge in [-0.2, -0.15) is 0 Å². The Labute approximate surface area is 111 Å². The molecule has 2 amide bonds. The Morgan fingerprint density at radius 3 is 2.79 bits per heavy atom. The van der Waals surface area contributed by atoms with Gasteiger partial charge in [-0.25, -0.2) is 0 Å². The molecule has 1 fully saturated rings. The van der Waals surface area contributed by atoms with Crippen molar-refractivity contribution in [2.24, 2.45) is 5.92 Å². The van der Waals surface area contributed by atoms with E-state index in [2.05, 4.69) is 16.0 Å². The maximum Gasteiger partial charge on any atom is 0.225 e. The van der Waals surface area contributed by atoms with Crippen molar-refractivity contribution in [2.45, 2.75) is 18.9 Å². The van der Waals surface area contributed by atoms with E-state index < -0.39 is 0 Å². The van der Waals surface area contributed by atoms with E-state index in [1.165, 1.54) is 5.56 Å². The van der Waals surface area contributed by atoms with Gasteiger partial charge in [0.15, 0.2) is 0 Å². The average Bonchev–Trinajstić information content (AvgIpc) is 2.83. The smallest absolute Gasteiger partial charge is 0.225 e. The van der Waals surface area contributed by atoms with E-state index in [0.717, 1.165) is 12.1 Å². The topological polar surface area (TPSA) is 70.2 Å². The van der Waals surface area contributed by atoms with Crippen LogP contribution >= 0.6 is 0 Å². The van der Waals surface area contributed by atoms with Crippen LogP contribution in [0, 0.1) is 5.92 Å². The Morgan fingerprint density at radius 2 is 2.00 bits per heavy atom. The SMILES string of the molecule is O=C1CC(NC(=O)C2CNc3ccccc3C2)CN1. The number of rotatable bonds is 2. The third-order valence-corrected chi connectivity index (χ3v) is 3.72. The second-order valence-corrected chi connectivity index (χ2v) is 5.15.